The van der Waals surface area contributed by atoms with E-state index in [1.807, 2.05) is 34.8 Å². The number of hydrogen-bond acceptors (Lipinski definition) is 4. The highest BCUT2D eigenvalue weighted by Gasteiger charge is 2.30. The lowest BCUT2D eigenvalue weighted by Crippen LogP contribution is -2.49. The molecule has 3 heterocycles. The van der Waals surface area contributed by atoms with Crippen LogP contribution in [0.5, 0.6) is 0 Å². The summed E-state index contributed by atoms with van der Waals surface area (Å²) in [5.41, 5.74) is 3.16. The molecule has 1 atom stereocenters. The number of H-pyrrole nitrogens is 1. The smallest absolute Gasteiger partial charge is 0.223 e. The van der Waals surface area contributed by atoms with E-state index in [2.05, 4.69) is 33.3 Å². The number of benzene rings is 1. The van der Waals surface area contributed by atoms with Crippen LogP contribution in [0.2, 0.25) is 0 Å². The summed E-state index contributed by atoms with van der Waals surface area (Å²) in [6.07, 6.45) is 4.76. The second-order valence-electron chi connectivity index (χ2n) is 6.86. The van der Waals surface area contributed by atoms with Crippen molar-refractivity contribution in [2.45, 2.75) is 25.8 Å². The Morgan fingerprint density at radius 2 is 2.27 bits per heavy atom. The zero-order valence-electron chi connectivity index (χ0n) is 15.2. The number of carbonyl (C=O) groups is 1. The fraction of sp³-hybridized carbons (Fsp3) is 0.421. The zero-order chi connectivity index (χ0) is 18.1. The standard InChI is InChI=1S/C19H24N6O/c1-13-4-3-5-14-18(13)23-16(22-14)6-7-17(26)25-11-8-20-12-15(25)19-21-9-10-24(19)2/h3-5,9-10,15,20H,6-8,11-12H2,1-2H3,(H,22,23). The summed E-state index contributed by atoms with van der Waals surface area (Å²) in [5, 5.41) is 3.37. The molecule has 0 spiro atoms. The van der Waals surface area contributed by atoms with Crippen LogP contribution >= 0.6 is 0 Å². The largest absolute Gasteiger partial charge is 0.342 e. The number of amides is 1. The lowest BCUT2D eigenvalue weighted by atomic mass is 10.1. The number of hydrogen-bond donors (Lipinski definition) is 2. The van der Waals surface area contributed by atoms with Gasteiger partial charge in [-0.05, 0) is 18.6 Å². The second kappa shape index (κ2) is 6.92. The second-order valence-corrected chi connectivity index (χ2v) is 6.86. The first-order chi connectivity index (χ1) is 12.6. The summed E-state index contributed by atoms with van der Waals surface area (Å²) in [6, 6.07) is 6.07. The zero-order valence-corrected chi connectivity index (χ0v) is 15.2. The van der Waals surface area contributed by atoms with Crippen LogP contribution in [-0.2, 0) is 18.3 Å². The predicted octanol–water partition coefficient (Wildman–Crippen LogP) is 1.71. The van der Waals surface area contributed by atoms with Crippen molar-refractivity contribution in [1.29, 1.82) is 0 Å². The number of carbonyl (C=O) groups excluding carboxylic acids is 1. The third-order valence-electron chi connectivity index (χ3n) is 5.06. The maximum Gasteiger partial charge on any atom is 0.223 e. The maximum absolute atomic E-state index is 12.9. The number of para-hydroxylation sites is 1. The highest BCUT2D eigenvalue weighted by molar-refractivity contribution is 5.79. The SMILES string of the molecule is Cc1cccc2[nH]c(CCC(=O)N3CCNCC3c3nccn3C)nc12. The Labute approximate surface area is 152 Å². The average molecular weight is 352 g/mol. The first-order valence-electron chi connectivity index (χ1n) is 9.05. The van der Waals surface area contributed by atoms with Crippen LogP contribution in [0.3, 0.4) is 0 Å². The molecule has 2 aromatic heterocycles. The fourth-order valence-corrected chi connectivity index (χ4v) is 3.65. The topological polar surface area (TPSA) is 78.8 Å². The van der Waals surface area contributed by atoms with Crippen LogP contribution < -0.4 is 5.32 Å². The van der Waals surface area contributed by atoms with E-state index in [4.69, 9.17) is 0 Å². The highest BCUT2D eigenvalue weighted by Crippen LogP contribution is 2.22. The van der Waals surface area contributed by atoms with Gasteiger partial charge in [0.1, 0.15) is 17.7 Å². The van der Waals surface area contributed by atoms with Crippen LogP contribution in [0, 0.1) is 6.92 Å². The number of aryl methyl sites for hydroxylation is 3. The van der Waals surface area contributed by atoms with Crippen molar-refractivity contribution in [3.05, 3.63) is 47.8 Å². The minimum atomic E-state index is -0.0193. The van der Waals surface area contributed by atoms with E-state index in [0.29, 0.717) is 19.4 Å². The molecule has 0 bridgehead atoms. The predicted molar refractivity (Wildman–Crippen MR) is 99.7 cm³/mol. The van der Waals surface area contributed by atoms with E-state index in [1.165, 1.54) is 0 Å². The minimum absolute atomic E-state index is 0.0193. The first kappa shape index (κ1) is 16.8. The van der Waals surface area contributed by atoms with Gasteiger partial charge in [0.2, 0.25) is 5.91 Å². The molecular formula is C19H24N6O. The molecule has 7 heteroatoms. The number of aromatic amines is 1. The third-order valence-corrected chi connectivity index (χ3v) is 5.06. The van der Waals surface area contributed by atoms with Gasteiger partial charge in [-0.1, -0.05) is 12.1 Å². The molecule has 1 aliphatic rings. The maximum atomic E-state index is 12.9. The van der Waals surface area contributed by atoms with E-state index >= 15 is 0 Å². The quantitative estimate of drug-likeness (QED) is 0.749. The summed E-state index contributed by atoms with van der Waals surface area (Å²) in [6.45, 7) is 4.31. The van der Waals surface area contributed by atoms with Gasteiger partial charge in [0.05, 0.1) is 11.0 Å². The average Bonchev–Trinajstić information content (AvgIpc) is 3.26. The molecule has 7 nitrogen and oxygen atoms in total. The van der Waals surface area contributed by atoms with Crippen molar-refractivity contribution in [2.75, 3.05) is 19.6 Å². The molecule has 0 saturated carbocycles. The molecule has 136 valence electrons. The van der Waals surface area contributed by atoms with Crippen LogP contribution in [-0.4, -0.2) is 50.0 Å². The number of piperazine rings is 1. The van der Waals surface area contributed by atoms with Gasteiger partial charge in [0, 0.05) is 51.9 Å². The summed E-state index contributed by atoms with van der Waals surface area (Å²) >= 11 is 0. The van der Waals surface area contributed by atoms with E-state index in [9.17, 15) is 4.79 Å². The molecule has 1 saturated heterocycles. The van der Waals surface area contributed by atoms with Gasteiger partial charge < -0.3 is 19.8 Å². The molecule has 1 aromatic carbocycles. The van der Waals surface area contributed by atoms with Gasteiger partial charge in [0.25, 0.3) is 0 Å². The molecule has 1 aliphatic heterocycles. The Hall–Kier alpha value is -2.67. The molecule has 1 fully saturated rings. The molecule has 1 unspecified atom stereocenters. The molecule has 0 radical (unpaired) electrons. The summed E-state index contributed by atoms with van der Waals surface area (Å²) < 4.78 is 1.99. The number of nitrogens with zero attached hydrogens (tertiary/aromatic N) is 4. The Kier molecular flexibility index (Phi) is 4.46. The number of imidazole rings is 2. The van der Waals surface area contributed by atoms with Gasteiger partial charge in [-0.15, -0.1) is 0 Å². The summed E-state index contributed by atoms with van der Waals surface area (Å²) in [7, 11) is 1.97. The third kappa shape index (κ3) is 3.10. The van der Waals surface area contributed by atoms with Crippen molar-refractivity contribution >= 4 is 16.9 Å². The van der Waals surface area contributed by atoms with E-state index in [0.717, 1.165) is 41.3 Å². The lowest BCUT2D eigenvalue weighted by molar-refractivity contribution is -0.134. The normalized spacial score (nSPS) is 17.8. The fourth-order valence-electron chi connectivity index (χ4n) is 3.65. The Morgan fingerprint density at radius 1 is 1.38 bits per heavy atom. The summed E-state index contributed by atoms with van der Waals surface area (Å²) in [5.74, 6) is 1.94. The van der Waals surface area contributed by atoms with Gasteiger partial charge in [-0.3, -0.25) is 4.79 Å². The molecule has 3 aromatic rings. The lowest BCUT2D eigenvalue weighted by Gasteiger charge is -2.35. The van der Waals surface area contributed by atoms with E-state index in [1.54, 1.807) is 6.20 Å². The molecule has 26 heavy (non-hydrogen) atoms. The number of fused-ring (bicyclic) bond motifs is 1. The number of aromatic nitrogens is 4. The monoisotopic (exact) mass is 352 g/mol. The van der Waals surface area contributed by atoms with E-state index < -0.39 is 0 Å². The van der Waals surface area contributed by atoms with Crippen molar-refractivity contribution in [3.63, 3.8) is 0 Å². The highest BCUT2D eigenvalue weighted by atomic mass is 16.2. The molecule has 1 amide bonds. The first-order valence-corrected chi connectivity index (χ1v) is 9.05. The van der Waals surface area contributed by atoms with Crippen LogP contribution in [0.25, 0.3) is 11.0 Å². The van der Waals surface area contributed by atoms with Gasteiger partial charge >= 0.3 is 0 Å². The molecule has 4 rings (SSSR count). The molecule has 2 N–H and O–H groups in total. The van der Waals surface area contributed by atoms with Crippen molar-refractivity contribution in [1.82, 2.24) is 29.7 Å². The molecule has 0 aliphatic carbocycles. The number of rotatable bonds is 4. The Balaban J connectivity index is 1.47. The Morgan fingerprint density at radius 3 is 3.04 bits per heavy atom. The molecular weight excluding hydrogens is 328 g/mol. The number of nitrogens with one attached hydrogen (secondary N) is 2. The van der Waals surface area contributed by atoms with Crippen LogP contribution in [0.4, 0.5) is 0 Å². The van der Waals surface area contributed by atoms with Gasteiger partial charge in [0.15, 0.2) is 0 Å². The summed E-state index contributed by atoms with van der Waals surface area (Å²) in [4.78, 5) is 27.3. The minimum Gasteiger partial charge on any atom is -0.342 e. The van der Waals surface area contributed by atoms with Crippen molar-refractivity contribution in [2.24, 2.45) is 7.05 Å². The van der Waals surface area contributed by atoms with Gasteiger partial charge in [-0.25, -0.2) is 9.97 Å². The van der Waals surface area contributed by atoms with Crippen molar-refractivity contribution < 1.29 is 4.79 Å². The van der Waals surface area contributed by atoms with Crippen LogP contribution in [0.15, 0.2) is 30.6 Å². The van der Waals surface area contributed by atoms with E-state index in [-0.39, 0.29) is 11.9 Å². The Bertz CT molecular complexity index is 927. The van der Waals surface area contributed by atoms with Crippen molar-refractivity contribution in [3.8, 4) is 0 Å². The van der Waals surface area contributed by atoms with Gasteiger partial charge in [-0.2, -0.15) is 0 Å². The van der Waals surface area contributed by atoms with Crippen LogP contribution in [0.1, 0.15) is 29.7 Å².